The minimum absolute atomic E-state index is 0.0130. The van der Waals surface area contributed by atoms with Crippen LogP contribution in [-0.2, 0) is 4.79 Å². The molecule has 1 amide bonds. The first-order valence-corrected chi connectivity index (χ1v) is 7.07. The number of hydrogen-bond donors (Lipinski definition) is 2. The smallest absolute Gasteiger partial charge is 0.242 e. The Morgan fingerprint density at radius 3 is 2.47 bits per heavy atom. The molecule has 4 heteroatoms. The predicted molar refractivity (Wildman–Crippen MR) is 79.0 cm³/mol. The highest BCUT2D eigenvalue weighted by Gasteiger charge is 2.18. The summed E-state index contributed by atoms with van der Waals surface area (Å²) in [5.41, 5.74) is 6.79. The van der Waals surface area contributed by atoms with E-state index in [1.807, 2.05) is 43.3 Å². The van der Waals surface area contributed by atoms with Gasteiger partial charge in [0.05, 0.1) is 6.04 Å². The third-order valence-corrected chi connectivity index (χ3v) is 4.17. The molecule has 0 aliphatic rings. The van der Waals surface area contributed by atoms with Gasteiger partial charge in [-0.05, 0) is 31.5 Å². The van der Waals surface area contributed by atoms with Crippen molar-refractivity contribution < 1.29 is 4.79 Å². The zero-order valence-corrected chi connectivity index (χ0v) is 11.9. The van der Waals surface area contributed by atoms with E-state index in [9.17, 15) is 4.79 Å². The molecular formula is C15H18N2OS. The number of rotatable bonds is 4. The van der Waals surface area contributed by atoms with Crippen LogP contribution in [0.1, 0.15) is 34.3 Å². The molecule has 19 heavy (non-hydrogen) atoms. The van der Waals surface area contributed by atoms with E-state index in [1.54, 1.807) is 11.3 Å². The van der Waals surface area contributed by atoms with Crippen LogP contribution in [0.15, 0.2) is 42.5 Å². The van der Waals surface area contributed by atoms with Crippen LogP contribution in [0, 0.1) is 6.92 Å². The molecule has 0 saturated carbocycles. The molecule has 0 bridgehead atoms. The fourth-order valence-corrected chi connectivity index (χ4v) is 2.75. The van der Waals surface area contributed by atoms with Gasteiger partial charge < -0.3 is 11.1 Å². The summed E-state index contributed by atoms with van der Waals surface area (Å²) in [5, 5.41) is 2.95. The predicted octanol–water partition coefficient (Wildman–Crippen LogP) is 2.93. The normalized spacial score (nSPS) is 13.8. The molecule has 3 nitrogen and oxygen atoms in total. The number of aryl methyl sites for hydroxylation is 1. The summed E-state index contributed by atoms with van der Waals surface area (Å²) < 4.78 is 0. The van der Waals surface area contributed by atoms with Gasteiger partial charge in [0.15, 0.2) is 0 Å². The minimum atomic E-state index is -0.621. The van der Waals surface area contributed by atoms with Crippen LogP contribution in [0.3, 0.4) is 0 Å². The Morgan fingerprint density at radius 2 is 1.89 bits per heavy atom. The Hall–Kier alpha value is -1.65. The monoisotopic (exact) mass is 274 g/mol. The van der Waals surface area contributed by atoms with Gasteiger partial charge in [0.25, 0.3) is 0 Å². The van der Waals surface area contributed by atoms with Crippen molar-refractivity contribution in [2.45, 2.75) is 25.9 Å². The van der Waals surface area contributed by atoms with E-state index in [4.69, 9.17) is 5.73 Å². The second kappa shape index (κ2) is 5.99. The van der Waals surface area contributed by atoms with Gasteiger partial charge >= 0.3 is 0 Å². The second-order valence-electron chi connectivity index (χ2n) is 4.57. The molecule has 100 valence electrons. The standard InChI is InChI=1S/C15H18N2OS/c1-10-8-9-13(19-10)11(2)17-15(18)14(16)12-6-4-3-5-7-12/h3-9,11,14H,16H2,1-2H3,(H,17,18)/t11?,14-/m0/s1. The molecule has 2 atom stereocenters. The molecule has 0 fully saturated rings. The molecule has 0 aliphatic carbocycles. The van der Waals surface area contributed by atoms with Crippen molar-refractivity contribution in [3.05, 3.63) is 57.8 Å². The van der Waals surface area contributed by atoms with Crippen molar-refractivity contribution in [3.63, 3.8) is 0 Å². The molecule has 2 rings (SSSR count). The summed E-state index contributed by atoms with van der Waals surface area (Å²) in [5.74, 6) is -0.148. The third-order valence-electron chi connectivity index (χ3n) is 2.99. The van der Waals surface area contributed by atoms with E-state index in [-0.39, 0.29) is 11.9 Å². The number of nitrogens with two attached hydrogens (primary N) is 1. The maximum Gasteiger partial charge on any atom is 0.242 e. The Labute approximate surface area is 117 Å². The Balaban J connectivity index is 2.01. The first kappa shape index (κ1) is 13.8. The van der Waals surface area contributed by atoms with Crippen molar-refractivity contribution in [2.75, 3.05) is 0 Å². The molecule has 1 unspecified atom stereocenters. The summed E-state index contributed by atoms with van der Waals surface area (Å²) >= 11 is 1.69. The quantitative estimate of drug-likeness (QED) is 0.900. The van der Waals surface area contributed by atoms with E-state index < -0.39 is 6.04 Å². The number of thiophene rings is 1. The largest absolute Gasteiger partial charge is 0.347 e. The zero-order valence-electron chi connectivity index (χ0n) is 11.1. The van der Waals surface area contributed by atoms with Crippen LogP contribution < -0.4 is 11.1 Å². The highest BCUT2D eigenvalue weighted by Crippen LogP contribution is 2.23. The lowest BCUT2D eigenvalue weighted by Gasteiger charge is -2.16. The number of hydrogen-bond acceptors (Lipinski definition) is 3. The van der Waals surface area contributed by atoms with Crippen molar-refractivity contribution in [3.8, 4) is 0 Å². The third kappa shape index (κ3) is 3.43. The highest BCUT2D eigenvalue weighted by atomic mass is 32.1. The van der Waals surface area contributed by atoms with Crippen molar-refractivity contribution in [1.82, 2.24) is 5.32 Å². The van der Waals surface area contributed by atoms with Gasteiger partial charge in [0.1, 0.15) is 6.04 Å². The fourth-order valence-electron chi connectivity index (χ4n) is 1.87. The van der Waals surface area contributed by atoms with Crippen LogP contribution in [0.5, 0.6) is 0 Å². The molecule has 0 saturated heterocycles. The Kier molecular flexibility index (Phi) is 4.35. The molecule has 1 aromatic carbocycles. The molecule has 1 heterocycles. The van der Waals surface area contributed by atoms with Crippen LogP contribution >= 0.6 is 11.3 Å². The topological polar surface area (TPSA) is 55.1 Å². The van der Waals surface area contributed by atoms with Gasteiger partial charge in [-0.1, -0.05) is 30.3 Å². The molecule has 3 N–H and O–H groups in total. The number of carbonyl (C=O) groups excluding carboxylic acids is 1. The summed E-state index contributed by atoms with van der Waals surface area (Å²) in [6.45, 7) is 4.03. The van der Waals surface area contributed by atoms with E-state index in [2.05, 4.69) is 18.3 Å². The molecular weight excluding hydrogens is 256 g/mol. The lowest BCUT2D eigenvalue weighted by Crippen LogP contribution is -2.35. The van der Waals surface area contributed by atoms with Crippen molar-refractivity contribution in [1.29, 1.82) is 0 Å². The van der Waals surface area contributed by atoms with E-state index in [0.717, 1.165) is 10.4 Å². The average Bonchev–Trinajstić information content (AvgIpc) is 2.85. The summed E-state index contributed by atoms with van der Waals surface area (Å²) in [6.07, 6.45) is 0. The molecule has 0 spiro atoms. The number of nitrogens with one attached hydrogen (secondary N) is 1. The Morgan fingerprint density at radius 1 is 1.21 bits per heavy atom. The lowest BCUT2D eigenvalue weighted by molar-refractivity contribution is -0.123. The number of carbonyl (C=O) groups is 1. The van der Waals surface area contributed by atoms with Crippen LogP contribution in [0.2, 0.25) is 0 Å². The summed E-state index contributed by atoms with van der Waals surface area (Å²) in [4.78, 5) is 14.5. The number of benzene rings is 1. The Bertz CT molecular complexity index is 550. The van der Waals surface area contributed by atoms with Gasteiger partial charge in [-0.3, -0.25) is 4.79 Å². The lowest BCUT2D eigenvalue weighted by atomic mass is 10.1. The van der Waals surface area contributed by atoms with Gasteiger partial charge in [-0.2, -0.15) is 0 Å². The van der Waals surface area contributed by atoms with Gasteiger partial charge in [0.2, 0.25) is 5.91 Å². The summed E-state index contributed by atoms with van der Waals surface area (Å²) in [6, 6.07) is 12.9. The first-order chi connectivity index (χ1) is 9.08. The maximum absolute atomic E-state index is 12.1. The van der Waals surface area contributed by atoms with Crippen molar-refractivity contribution in [2.24, 2.45) is 5.73 Å². The highest BCUT2D eigenvalue weighted by molar-refractivity contribution is 7.12. The minimum Gasteiger partial charge on any atom is -0.347 e. The van der Waals surface area contributed by atoms with Crippen molar-refractivity contribution >= 4 is 17.2 Å². The maximum atomic E-state index is 12.1. The van der Waals surface area contributed by atoms with Crippen LogP contribution in [0.4, 0.5) is 0 Å². The van der Waals surface area contributed by atoms with E-state index in [0.29, 0.717) is 0 Å². The summed E-state index contributed by atoms with van der Waals surface area (Å²) in [7, 11) is 0. The second-order valence-corrected chi connectivity index (χ2v) is 5.89. The fraction of sp³-hybridized carbons (Fsp3) is 0.267. The molecule has 0 radical (unpaired) electrons. The number of amides is 1. The molecule has 0 aliphatic heterocycles. The zero-order chi connectivity index (χ0) is 13.8. The van der Waals surface area contributed by atoms with Gasteiger partial charge in [-0.15, -0.1) is 11.3 Å². The van der Waals surface area contributed by atoms with Crippen LogP contribution in [0.25, 0.3) is 0 Å². The van der Waals surface area contributed by atoms with E-state index in [1.165, 1.54) is 4.88 Å². The van der Waals surface area contributed by atoms with Gasteiger partial charge in [-0.25, -0.2) is 0 Å². The van der Waals surface area contributed by atoms with E-state index >= 15 is 0 Å². The average molecular weight is 274 g/mol. The molecule has 2 aromatic rings. The van der Waals surface area contributed by atoms with Gasteiger partial charge in [0, 0.05) is 9.75 Å². The SMILES string of the molecule is Cc1ccc(C(C)NC(=O)[C@@H](N)c2ccccc2)s1. The molecule has 1 aromatic heterocycles. The van der Waals surface area contributed by atoms with Crippen LogP contribution in [-0.4, -0.2) is 5.91 Å². The first-order valence-electron chi connectivity index (χ1n) is 6.25.